The molecule has 1 atom stereocenters. The predicted molar refractivity (Wildman–Crippen MR) is 65.4 cm³/mol. The SMILES string of the molecule is CC(O)CCn1c(C(F)(F)F)nc2cc(N)ccc21. The minimum Gasteiger partial charge on any atom is -0.399 e. The normalized spacial score (nSPS) is 13.9. The summed E-state index contributed by atoms with van der Waals surface area (Å²) in [6, 6.07) is 4.45. The molecule has 0 amide bonds. The number of aliphatic hydroxyl groups is 1. The number of imidazole rings is 1. The molecule has 1 aromatic carbocycles. The molecule has 0 aliphatic rings. The Labute approximate surface area is 107 Å². The maximum Gasteiger partial charge on any atom is 0.449 e. The Morgan fingerprint density at radius 2 is 2.11 bits per heavy atom. The van der Waals surface area contributed by atoms with Crippen molar-refractivity contribution in [2.45, 2.75) is 32.2 Å². The van der Waals surface area contributed by atoms with Gasteiger partial charge in [0, 0.05) is 12.2 Å². The van der Waals surface area contributed by atoms with E-state index in [1.807, 2.05) is 0 Å². The maximum absolute atomic E-state index is 12.9. The molecule has 7 heteroatoms. The van der Waals surface area contributed by atoms with Crippen LogP contribution in [0.3, 0.4) is 0 Å². The van der Waals surface area contributed by atoms with Gasteiger partial charge in [-0.15, -0.1) is 0 Å². The monoisotopic (exact) mass is 273 g/mol. The van der Waals surface area contributed by atoms with E-state index in [-0.39, 0.29) is 18.5 Å². The molecule has 4 nitrogen and oxygen atoms in total. The van der Waals surface area contributed by atoms with E-state index in [0.29, 0.717) is 11.2 Å². The van der Waals surface area contributed by atoms with E-state index in [1.165, 1.54) is 25.1 Å². The van der Waals surface area contributed by atoms with E-state index >= 15 is 0 Å². The number of aromatic nitrogens is 2. The fourth-order valence-corrected chi connectivity index (χ4v) is 1.91. The molecule has 0 aliphatic carbocycles. The molecule has 3 N–H and O–H groups in total. The lowest BCUT2D eigenvalue weighted by atomic mass is 10.2. The lowest BCUT2D eigenvalue weighted by Gasteiger charge is -2.12. The number of anilines is 1. The van der Waals surface area contributed by atoms with E-state index in [9.17, 15) is 18.3 Å². The number of aryl methyl sites for hydroxylation is 1. The highest BCUT2D eigenvalue weighted by Crippen LogP contribution is 2.32. The Balaban J connectivity index is 2.55. The van der Waals surface area contributed by atoms with Crippen LogP contribution in [0.4, 0.5) is 18.9 Å². The summed E-state index contributed by atoms with van der Waals surface area (Å²) < 4.78 is 39.9. The second-order valence-electron chi connectivity index (χ2n) is 4.47. The first kappa shape index (κ1) is 13.7. The fraction of sp³-hybridized carbons (Fsp3) is 0.417. The number of nitrogen functional groups attached to an aromatic ring is 1. The van der Waals surface area contributed by atoms with Crippen LogP contribution in [0.25, 0.3) is 11.0 Å². The number of rotatable bonds is 3. The highest BCUT2D eigenvalue weighted by Gasteiger charge is 2.37. The van der Waals surface area contributed by atoms with Crippen LogP contribution in [0.2, 0.25) is 0 Å². The third-order valence-electron chi connectivity index (χ3n) is 2.80. The average Bonchev–Trinajstić information content (AvgIpc) is 2.63. The summed E-state index contributed by atoms with van der Waals surface area (Å²) in [5, 5.41) is 9.23. The van der Waals surface area contributed by atoms with Crippen molar-refractivity contribution in [3.05, 3.63) is 24.0 Å². The van der Waals surface area contributed by atoms with Crippen molar-refractivity contribution >= 4 is 16.7 Å². The molecule has 1 heterocycles. The second kappa shape index (κ2) is 4.73. The summed E-state index contributed by atoms with van der Waals surface area (Å²) in [6.07, 6.45) is -4.99. The van der Waals surface area contributed by atoms with Gasteiger partial charge in [0.1, 0.15) is 0 Å². The zero-order valence-electron chi connectivity index (χ0n) is 10.3. The van der Waals surface area contributed by atoms with Crippen LogP contribution < -0.4 is 5.73 Å². The number of hydrogen-bond acceptors (Lipinski definition) is 3. The third kappa shape index (κ3) is 2.81. The average molecular weight is 273 g/mol. The van der Waals surface area contributed by atoms with Crippen molar-refractivity contribution in [1.29, 1.82) is 0 Å². The maximum atomic E-state index is 12.9. The lowest BCUT2D eigenvalue weighted by molar-refractivity contribution is -0.147. The molecular weight excluding hydrogens is 259 g/mol. The topological polar surface area (TPSA) is 64.1 Å². The van der Waals surface area contributed by atoms with E-state index in [2.05, 4.69) is 4.98 Å². The minimum absolute atomic E-state index is 0.0485. The number of alkyl halides is 3. The molecule has 0 aliphatic heterocycles. The number of hydrogen-bond donors (Lipinski definition) is 2. The zero-order valence-corrected chi connectivity index (χ0v) is 10.3. The summed E-state index contributed by atoms with van der Waals surface area (Å²) in [5.74, 6) is -0.964. The number of aliphatic hydroxyl groups excluding tert-OH is 1. The van der Waals surface area contributed by atoms with Crippen molar-refractivity contribution in [3.63, 3.8) is 0 Å². The number of halogens is 3. The number of fused-ring (bicyclic) bond motifs is 1. The van der Waals surface area contributed by atoms with E-state index in [4.69, 9.17) is 5.73 Å². The van der Waals surface area contributed by atoms with Gasteiger partial charge in [-0.1, -0.05) is 0 Å². The molecule has 1 aromatic heterocycles. The standard InChI is InChI=1S/C12H14F3N3O/c1-7(19)4-5-18-10-3-2-8(16)6-9(10)17-11(18)12(13,14)15/h2-3,6-7,19H,4-5,16H2,1H3. The Hall–Kier alpha value is -1.76. The molecule has 1 unspecified atom stereocenters. The van der Waals surface area contributed by atoms with Gasteiger partial charge in [-0.25, -0.2) is 4.98 Å². The van der Waals surface area contributed by atoms with Crippen LogP contribution in [-0.4, -0.2) is 20.8 Å². The number of benzene rings is 1. The quantitative estimate of drug-likeness (QED) is 0.844. The Morgan fingerprint density at radius 1 is 1.42 bits per heavy atom. The van der Waals surface area contributed by atoms with Crippen molar-refractivity contribution in [2.75, 3.05) is 5.73 Å². The first-order valence-electron chi connectivity index (χ1n) is 5.80. The Bertz CT molecular complexity index is 590. The van der Waals surface area contributed by atoms with E-state index < -0.39 is 18.1 Å². The molecule has 0 radical (unpaired) electrons. The molecule has 0 spiro atoms. The van der Waals surface area contributed by atoms with Crippen molar-refractivity contribution < 1.29 is 18.3 Å². The molecule has 0 fully saturated rings. The van der Waals surface area contributed by atoms with Gasteiger partial charge in [0.2, 0.25) is 5.82 Å². The number of nitrogens with zero attached hydrogens (tertiary/aromatic N) is 2. The predicted octanol–water partition coefficient (Wildman–Crippen LogP) is 2.41. The summed E-state index contributed by atoms with van der Waals surface area (Å²) in [7, 11) is 0. The molecule has 19 heavy (non-hydrogen) atoms. The smallest absolute Gasteiger partial charge is 0.399 e. The van der Waals surface area contributed by atoms with Gasteiger partial charge in [-0.3, -0.25) is 0 Å². The largest absolute Gasteiger partial charge is 0.449 e. The van der Waals surface area contributed by atoms with Gasteiger partial charge in [0.05, 0.1) is 17.1 Å². The van der Waals surface area contributed by atoms with Gasteiger partial charge < -0.3 is 15.4 Å². The zero-order chi connectivity index (χ0) is 14.2. The lowest BCUT2D eigenvalue weighted by Crippen LogP contribution is -2.17. The summed E-state index contributed by atoms with van der Waals surface area (Å²) in [4.78, 5) is 3.60. The van der Waals surface area contributed by atoms with E-state index in [1.54, 1.807) is 0 Å². The van der Waals surface area contributed by atoms with Crippen LogP contribution >= 0.6 is 0 Å². The highest BCUT2D eigenvalue weighted by atomic mass is 19.4. The third-order valence-corrected chi connectivity index (χ3v) is 2.80. The van der Waals surface area contributed by atoms with Crippen LogP contribution in [0.1, 0.15) is 19.2 Å². The van der Waals surface area contributed by atoms with Gasteiger partial charge in [0.15, 0.2) is 0 Å². The molecule has 104 valence electrons. The molecule has 2 rings (SSSR count). The van der Waals surface area contributed by atoms with Crippen molar-refractivity contribution in [2.24, 2.45) is 0 Å². The molecule has 2 aromatic rings. The van der Waals surface area contributed by atoms with Crippen LogP contribution in [0, 0.1) is 0 Å². The first-order valence-corrected chi connectivity index (χ1v) is 5.80. The van der Waals surface area contributed by atoms with E-state index in [0.717, 1.165) is 4.57 Å². The Kier molecular flexibility index (Phi) is 3.40. The Morgan fingerprint density at radius 3 is 2.68 bits per heavy atom. The van der Waals surface area contributed by atoms with Crippen molar-refractivity contribution in [3.8, 4) is 0 Å². The molecule has 0 saturated carbocycles. The number of nitrogens with two attached hydrogens (primary N) is 1. The summed E-state index contributed by atoms with van der Waals surface area (Å²) in [6.45, 7) is 1.58. The van der Waals surface area contributed by atoms with Crippen LogP contribution in [0.5, 0.6) is 0 Å². The summed E-state index contributed by atoms with van der Waals surface area (Å²) in [5.41, 5.74) is 6.48. The van der Waals surface area contributed by atoms with Crippen LogP contribution in [-0.2, 0) is 12.7 Å². The van der Waals surface area contributed by atoms with Gasteiger partial charge >= 0.3 is 6.18 Å². The summed E-state index contributed by atoms with van der Waals surface area (Å²) >= 11 is 0. The second-order valence-corrected chi connectivity index (χ2v) is 4.47. The fourth-order valence-electron chi connectivity index (χ4n) is 1.91. The van der Waals surface area contributed by atoms with Crippen LogP contribution in [0.15, 0.2) is 18.2 Å². The van der Waals surface area contributed by atoms with Gasteiger partial charge in [-0.05, 0) is 31.5 Å². The molecule has 0 saturated heterocycles. The van der Waals surface area contributed by atoms with Gasteiger partial charge in [0.25, 0.3) is 0 Å². The first-order chi connectivity index (χ1) is 8.79. The van der Waals surface area contributed by atoms with Crippen molar-refractivity contribution in [1.82, 2.24) is 9.55 Å². The highest BCUT2D eigenvalue weighted by molar-refractivity contribution is 5.79. The van der Waals surface area contributed by atoms with Gasteiger partial charge in [-0.2, -0.15) is 13.2 Å². The minimum atomic E-state index is -4.54. The molecular formula is C12H14F3N3O. The molecule has 0 bridgehead atoms.